The minimum atomic E-state index is -1.33. The molecule has 0 aliphatic carbocycles. The lowest BCUT2D eigenvalue weighted by Gasteiger charge is -2.15. The predicted molar refractivity (Wildman–Crippen MR) is 88.8 cm³/mol. The maximum absolute atomic E-state index is 12.8. The van der Waals surface area contributed by atoms with Gasteiger partial charge in [-0.3, -0.25) is 9.36 Å². The molecule has 1 aromatic carbocycles. The first-order valence-electron chi connectivity index (χ1n) is 6.87. The Kier molecular flexibility index (Phi) is 3.95. The molecular formula is C16H12ClN2O3S-. The molecule has 0 saturated carbocycles. The molecule has 1 atom stereocenters. The third-order valence-electron chi connectivity index (χ3n) is 3.70. The van der Waals surface area contributed by atoms with E-state index in [0.717, 1.165) is 20.6 Å². The third-order valence-corrected chi connectivity index (χ3v) is 4.97. The second kappa shape index (κ2) is 5.79. The Balaban J connectivity index is 2.32. The number of carbonyl (C=O) groups excluding carboxylic acids is 1. The smallest absolute Gasteiger partial charge is 0.263 e. The van der Waals surface area contributed by atoms with Crippen molar-refractivity contribution < 1.29 is 9.90 Å². The molecule has 2 heterocycles. The van der Waals surface area contributed by atoms with Crippen LogP contribution in [0.5, 0.6) is 0 Å². The molecule has 0 spiro atoms. The van der Waals surface area contributed by atoms with Gasteiger partial charge in [-0.05, 0) is 31.5 Å². The van der Waals surface area contributed by atoms with Crippen molar-refractivity contribution in [2.45, 2.75) is 19.9 Å². The van der Waals surface area contributed by atoms with Gasteiger partial charge in [0.05, 0.1) is 23.7 Å². The van der Waals surface area contributed by atoms with Crippen molar-refractivity contribution in [1.29, 1.82) is 0 Å². The molecule has 0 amide bonds. The van der Waals surface area contributed by atoms with E-state index < -0.39 is 12.0 Å². The molecule has 118 valence electrons. The predicted octanol–water partition coefficient (Wildman–Crippen LogP) is 2.40. The number of hydrogen-bond acceptors (Lipinski definition) is 5. The van der Waals surface area contributed by atoms with Crippen LogP contribution in [0.2, 0.25) is 5.02 Å². The van der Waals surface area contributed by atoms with Gasteiger partial charge >= 0.3 is 0 Å². The molecule has 0 fully saturated rings. The number of thiophene rings is 1. The zero-order valence-corrected chi connectivity index (χ0v) is 13.9. The fraction of sp³-hybridized carbons (Fsp3) is 0.188. The highest BCUT2D eigenvalue weighted by Gasteiger charge is 2.18. The monoisotopic (exact) mass is 347 g/mol. The van der Waals surface area contributed by atoms with Gasteiger partial charge in [0.15, 0.2) is 0 Å². The van der Waals surface area contributed by atoms with Gasteiger partial charge < -0.3 is 9.90 Å². The summed E-state index contributed by atoms with van der Waals surface area (Å²) >= 11 is 7.32. The molecule has 0 aliphatic rings. The van der Waals surface area contributed by atoms with Crippen molar-refractivity contribution in [2.24, 2.45) is 0 Å². The molecule has 7 heteroatoms. The van der Waals surface area contributed by atoms with E-state index in [1.165, 1.54) is 24.6 Å². The maximum Gasteiger partial charge on any atom is 0.263 e. The number of carboxylic acid groups (broad SMARTS) is 1. The first kappa shape index (κ1) is 15.7. The van der Waals surface area contributed by atoms with Gasteiger partial charge in [-0.15, -0.1) is 11.3 Å². The van der Waals surface area contributed by atoms with Gasteiger partial charge in [-0.2, -0.15) is 0 Å². The van der Waals surface area contributed by atoms with Gasteiger partial charge in [0, 0.05) is 15.5 Å². The molecule has 5 nitrogen and oxygen atoms in total. The number of fused-ring (bicyclic) bond motifs is 1. The van der Waals surface area contributed by atoms with E-state index in [-0.39, 0.29) is 5.56 Å². The number of rotatable bonds is 3. The van der Waals surface area contributed by atoms with Gasteiger partial charge in [0.1, 0.15) is 4.83 Å². The molecule has 0 unspecified atom stereocenters. The standard InChI is InChI=1S/C16H13ClN2O3S/c1-8(16(21)22)19-7-18-14-13(15(19)20)12(9(2)23-14)10-3-5-11(17)6-4-10/h3-8H,1-2H3,(H,21,22)/p-1/t8-/m0/s1. The average molecular weight is 348 g/mol. The van der Waals surface area contributed by atoms with Crippen molar-refractivity contribution >= 4 is 39.1 Å². The van der Waals surface area contributed by atoms with Crippen LogP contribution < -0.4 is 10.7 Å². The number of aryl methyl sites for hydroxylation is 1. The Morgan fingerprint density at radius 2 is 2.00 bits per heavy atom. The molecule has 0 saturated heterocycles. The Hall–Kier alpha value is -2.18. The fourth-order valence-electron chi connectivity index (χ4n) is 2.47. The van der Waals surface area contributed by atoms with Crippen LogP contribution in [-0.2, 0) is 4.79 Å². The van der Waals surface area contributed by atoms with Crippen LogP contribution in [0, 0.1) is 6.92 Å². The van der Waals surface area contributed by atoms with Crippen LogP contribution in [0.3, 0.4) is 0 Å². The lowest BCUT2D eigenvalue weighted by molar-refractivity contribution is -0.309. The van der Waals surface area contributed by atoms with Gasteiger partial charge in [-0.25, -0.2) is 4.98 Å². The second-order valence-corrected chi connectivity index (χ2v) is 6.81. The highest BCUT2D eigenvalue weighted by molar-refractivity contribution is 7.19. The summed E-state index contributed by atoms with van der Waals surface area (Å²) in [4.78, 5) is 29.6. The Morgan fingerprint density at radius 1 is 1.35 bits per heavy atom. The highest BCUT2D eigenvalue weighted by atomic mass is 35.5. The number of halogens is 1. The number of benzene rings is 1. The number of carboxylic acids is 1. The first-order chi connectivity index (χ1) is 10.9. The minimum Gasteiger partial charge on any atom is -0.548 e. The first-order valence-corrected chi connectivity index (χ1v) is 8.06. The van der Waals surface area contributed by atoms with E-state index in [1.807, 2.05) is 19.1 Å². The molecular weight excluding hydrogens is 336 g/mol. The van der Waals surface area contributed by atoms with E-state index in [2.05, 4.69) is 4.98 Å². The lowest BCUT2D eigenvalue weighted by atomic mass is 10.0. The molecule has 0 radical (unpaired) electrons. The van der Waals surface area contributed by atoms with Crippen LogP contribution in [-0.4, -0.2) is 15.5 Å². The van der Waals surface area contributed by atoms with Crippen LogP contribution in [0.15, 0.2) is 35.4 Å². The Labute approximate surface area is 140 Å². The molecule has 0 N–H and O–H groups in total. The van der Waals surface area contributed by atoms with Crippen molar-refractivity contribution in [3.8, 4) is 11.1 Å². The largest absolute Gasteiger partial charge is 0.548 e. The van der Waals surface area contributed by atoms with Gasteiger partial charge in [0.2, 0.25) is 0 Å². The van der Waals surface area contributed by atoms with Crippen LogP contribution in [0.4, 0.5) is 0 Å². The SMILES string of the molecule is Cc1sc2ncn([C@@H](C)C(=O)[O-])c(=O)c2c1-c1ccc(Cl)cc1. The summed E-state index contributed by atoms with van der Waals surface area (Å²) in [6.45, 7) is 3.30. The zero-order valence-electron chi connectivity index (χ0n) is 12.4. The van der Waals surface area contributed by atoms with E-state index in [0.29, 0.717) is 15.2 Å². The summed E-state index contributed by atoms with van der Waals surface area (Å²) in [5.41, 5.74) is 1.22. The third kappa shape index (κ3) is 2.64. The Bertz CT molecular complexity index is 960. The van der Waals surface area contributed by atoms with E-state index >= 15 is 0 Å². The molecule has 0 bridgehead atoms. The summed E-state index contributed by atoms with van der Waals surface area (Å²) in [6.07, 6.45) is 1.26. The number of nitrogens with zero attached hydrogens (tertiary/aromatic N) is 2. The minimum absolute atomic E-state index is 0.388. The van der Waals surface area contributed by atoms with Crippen molar-refractivity contribution in [2.75, 3.05) is 0 Å². The molecule has 23 heavy (non-hydrogen) atoms. The van der Waals surface area contributed by atoms with Crippen molar-refractivity contribution in [1.82, 2.24) is 9.55 Å². The lowest BCUT2D eigenvalue weighted by Crippen LogP contribution is -2.36. The van der Waals surface area contributed by atoms with Crippen LogP contribution in [0.1, 0.15) is 17.8 Å². The summed E-state index contributed by atoms with van der Waals surface area (Å²) in [6, 6.07) is 6.07. The van der Waals surface area contributed by atoms with E-state index in [4.69, 9.17) is 11.6 Å². The molecule has 3 aromatic rings. The average Bonchev–Trinajstić information content (AvgIpc) is 2.85. The summed E-state index contributed by atoms with van der Waals surface area (Å²) in [5, 5.41) is 12.1. The molecule has 2 aromatic heterocycles. The fourth-order valence-corrected chi connectivity index (χ4v) is 3.60. The second-order valence-electron chi connectivity index (χ2n) is 5.17. The molecule has 3 rings (SSSR count). The van der Waals surface area contributed by atoms with Crippen molar-refractivity contribution in [3.63, 3.8) is 0 Å². The zero-order chi connectivity index (χ0) is 16.7. The summed E-state index contributed by atoms with van der Waals surface area (Å²) in [5.74, 6) is -1.33. The normalized spacial score (nSPS) is 12.5. The van der Waals surface area contributed by atoms with Gasteiger partial charge in [-0.1, -0.05) is 23.7 Å². The van der Waals surface area contributed by atoms with E-state index in [1.54, 1.807) is 12.1 Å². The number of hydrogen-bond donors (Lipinski definition) is 0. The number of carbonyl (C=O) groups is 1. The maximum atomic E-state index is 12.8. The summed E-state index contributed by atoms with van der Waals surface area (Å²) in [7, 11) is 0. The Morgan fingerprint density at radius 3 is 2.61 bits per heavy atom. The quantitative estimate of drug-likeness (QED) is 0.729. The van der Waals surface area contributed by atoms with E-state index in [9.17, 15) is 14.7 Å². The molecule has 0 aliphatic heterocycles. The van der Waals surface area contributed by atoms with Crippen LogP contribution in [0.25, 0.3) is 21.3 Å². The topological polar surface area (TPSA) is 75.0 Å². The van der Waals surface area contributed by atoms with Crippen LogP contribution >= 0.6 is 22.9 Å². The summed E-state index contributed by atoms with van der Waals surface area (Å²) < 4.78 is 1.09. The number of aromatic nitrogens is 2. The highest BCUT2D eigenvalue weighted by Crippen LogP contribution is 2.35. The number of aliphatic carboxylic acids is 1. The van der Waals surface area contributed by atoms with Crippen molar-refractivity contribution in [3.05, 3.63) is 50.8 Å². The van der Waals surface area contributed by atoms with Gasteiger partial charge in [0.25, 0.3) is 5.56 Å².